The van der Waals surface area contributed by atoms with Gasteiger partial charge in [0.25, 0.3) is 0 Å². The summed E-state index contributed by atoms with van der Waals surface area (Å²) in [5.74, 6) is 0. The second-order valence-electron chi connectivity index (χ2n) is 4.64. The minimum Gasteiger partial charge on any atom is -0.373 e. The van der Waals surface area contributed by atoms with Gasteiger partial charge in [0.05, 0.1) is 24.1 Å². The average molecular weight is 220 g/mol. The molecule has 1 fully saturated rings. The lowest BCUT2D eigenvalue weighted by Crippen LogP contribution is -2.16. The average Bonchev–Trinajstić information content (AvgIpc) is 3.08. The Bertz CT molecular complexity index is 313. The summed E-state index contributed by atoms with van der Waals surface area (Å²) in [6.07, 6.45) is 2.89. The fraction of sp³-hybridized carbons (Fsp3) is 0.615. The van der Waals surface area contributed by atoms with E-state index in [-0.39, 0.29) is 6.10 Å². The summed E-state index contributed by atoms with van der Waals surface area (Å²) in [4.78, 5) is 4.56. The Morgan fingerprint density at radius 1 is 1.38 bits per heavy atom. The summed E-state index contributed by atoms with van der Waals surface area (Å²) in [6, 6.07) is 6.87. The van der Waals surface area contributed by atoms with Crippen LogP contribution in [-0.4, -0.2) is 17.1 Å². The highest BCUT2D eigenvalue weighted by Crippen LogP contribution is 2.19. The molecule has 2 rings (SSSR count). The lowest BCUT2D eigenvalue weighted by Gasteiger charge is -2.08. The fourth-order valence-corrected chi connectivity index (χ4v) is 1.50. The number of hydrogen-bond acceptors (Lipinski definition) is 3. The zero-order valence-corrected chi connectivity index (χ0v) is 10.1. The Kier molecular flexibility index (Phi) is 3.91. The molecule has 1 aromatic rings. The van der Waals surface area contributed by atoms with Gasteiger partial charge in [-0.2, -0.15) is 0 Å². The summed E-state index contributed by atoms with van der Waals surface area (Å²) in [6.45, 7) is 5.56. The number of nitrogens with one attached hydrogen (secondary N) is 1. The van der Waals surface area contributed by atoms with E-state index < -0.39 is 0 Å². The first-order chi connectivity index (χ1) is 7.74. The Morgan fingerprint density at radius 2 is 2.12 bits per heavy atom. The van der Waals surface area contributed by atoms with Crippen LogP contribution in [0.4, 0.5) is 0 Å². The molecular weight excluding hydrogens is 200 g/mol. The molecule has 0 aliphatic heterocycles. The van der Waals surface area contributed by atoms with E-state index in [0.29, 0.717) is 6.61 Å². The third-order valence-electron chi connectivity index (χ3n) is 2.58. The summed E-state index contributed by atoms with van der Waals surface area (Å²) < 4.78 is 5.54. The van der Waals surface area contributed by atoms with E-state index in [1.807, 2.05) is 19.9 Å². The Hall–Kier alpha value is -0.930. The molecule has 0 spiro atoms. The third kappa shape index (κ3) is 3.91. The second kappa shape index (κ2) is 5.41. The van der Waals surface area contributed by atoms with E-state index in [2.05, 4.69) is 22.4 Å². The third-order valence-corrected chi connectivity index (χ3v) is 2.58. The molecule has 1 aromatic heterocycles. The van der Waals surface area contributed by atoms with Gasteiger partial charge in [0.2, 0.25) is 0 Å². The molecule has 0 unspecified atom stereocenters. The maximum absolute atomic E-state index is 5.54. The normalized spacial score (nSPS) is 15.7. The number of ether oxygens (including phenoxy) is 1. The molecule has 3 nitrogen and oxygen atoms in total. The van der Waals surface area contributed by atoms with Crippen LogP contribution in [0.5, 0.6) is 0 Å². The molecule has 88 valence electrons. The van der Waals surface area contributed by atoms with Crippen LogP contribution in [0.25, 0.3) is 0 Å². The van der Waals surface area contributed by atoms with Gasteiger partial charge in [-0.1, -0.05) is 6.07 Å². The first-order valence-corrected chi connectivity index (χ1v) is 6.04. The highest BCUT2D eigenvalue weighted by molar-refractivity contribution is 5.11. The van der Waals surface area contributed by atoms with Gasteiger partial charge in [-0.05, 0) is 38.8 Å². The van der Waals surface area contributed by atoms with Crippen molar-refractivity contribution in [1.29, 1.82) is 0 Å². The van der Waals surface area contributed by atoms with Gasteiger partial charge >= 0.3 is 0 Å². The van der Waals surface area contributed by atoms with Crippen LogP contribution in [0.15, 0.2) is 18.2 Å². The zero-order valence-electron chi connectivity index (χ0n) is 10.1. The van der Waals surface area contributed by atoms with Crippen LogP contribution in [0.1, 0.15) is 38.1 Å². The van der Waals surface area contributed by atoms with E-state index >= 15 is 0 Å². The van der Waals surface area contributed by atoms with Crippen LogP contribution in [0.2, 0.25) is 0 Å². The van der Waals surface area contributed by atoms with Crippen LogP contribution in [-0.2, 0) is 17.9 Å². The quantitative estimate of drug-likeness (QED) is 0.798. The SMILES string of the molecule is CC(C)OCc1cccc(CNC2CC2)n1. The van der Waals surface area contributed by atoms with Gasteiger partial charge in [0.15, 0.2) is 0 Å². The molecule has 0 aromatic carbocycles. The lowest BCUT2D eigenvalue weighted by atomic mass is 10.3. The van der Waals surface area contributed by atoms with Crippen molar-refractivity contribution in [2.45, 2.75) is 52.0 Å². The van der Waals surface area contributed by atoms with Gasteiger partial charge < -0.3 is 10.1 Å². The van der Waals surface area contributed by atoms with Gasteiger partial charge in [0, 0.05) is 12.6 Å². The lowest BCUT2D eigenvalue weighted by molar-refractivity contribution is 0.0635. The summed E-state index contributed by atoms with van der Waals surface area (Å²) in [7, 11) is 0. The largest absolute Gasteiger partial charge is 0.373 e. The van der Waals surface area contributed by atoms with E-state index in [1.54, 1.807) is 0 Å². The molecule has 0 amide bonds. The van der Waals surface area contributed by atoms with Gasteiger partial charge in [0.1, 0.15) is 0 Å². The number of hydrogen-bond donors (Lipinski definition) is 1. The van der Waals surface area contributed by atoms with Gasteiger partial charge in [-0.3, -0.25) is 4.98 Å². The minimum absolute atomic E-state index is 0.259. The predicted molar refractivity (Wildman–Crippen MR) is 64.0 cm³/mol. The van der Waals surface area contributed by atoms with Crippen LogP contribution in [0.3, 0.4) is 0 Å². The number of aromatic nitrogens is 1. The van der Waals surface area contributed by atoms with Crippen LogP contribution in [0, 0.1) is 0 Å². The molecular formula is C13H20N2O. The molecule has 3 heteroatoms. The van der Waals surface area contributed by atoms with E-state index in [9.17, 15) is 0 Å². The van der Waals surface area contributed by atoms with Crippen molar-refractivity contribution in [3.05, 3.63) is 29.6 Å². The highest BCUT2D eigenvalue weighted by atomic mass is 16.5. The van der Waals surface area contributed by atoms with E-state index in [4.69, 9.17) is 4.74 Å². The van der Waals surface area contributed by atoms with Crippen molar-refractivity contribution < 1.29 is 4.74 Å². The first-order valence-electron chi connectivity index (χ1n) is 6.04. The molecule has 1 N–H and O–H groups in total. The zero-order chi connectivity index (χ0) is 11.4. The number of nitrogens with zero attached hydrogens (tertiary/aromatic N) is 1. The van der Waals surface area contributed by atoms with Crippen molar-refractivity contribution in [2.24, 2.45) is 0 Å². The number of rotatable bonds is 6. The molecule has 1 aliphatic rings. The second-order valence-corrected chi connectivity index (χ2v) is 4.64. The summed E-state index contributed by atoms with van der Waals surface area (Å²) in [5.41, 5.74) is 2.13. The molecule has 0 bridgehead atoms. The topological polar surface area (TPSA) is 34.1 Å². The van der Waals surface area contributed by atoms with Crippen molar-refractivity contribution in [3.8, 4) is 0 Å². The Labute approximate surface area is 97.2 Å². The maximum Gasteiger partial charge on any atom is 0.0891 e. The molecule has 1 saturated carbocycles. The molecule has 0 atom stereocenters. The van der Waals surface area contributed by atoms with Crippen molar-refractivity contribution in [3.63, 3.8) is 0 Å². The number of pyridine rings is 1. The van der Waals surface area contributed by atoms with Crippen molar-refractivity contribution in [1.82, 2.24) is 10.3 Å². The highest BCUT2D eigenvalue weighted by Gasteiger charge is 2.20. The standard InChI is InChI=1S/C13H20N2O/c1-10(2)16-9-13-5-3-4-12(15-13)8-14-11-6-7-11/h3-5,10-11,14H,6-9H2,1-2H3. The van der Waals surface area contributed by atoms with Crippen molar-refractivity contribution in [2.75, 3.05) is 0 Å². The predicted octanol–water partition coefficient (Wildman–Crippen LogP) is 2.26. The van der Waals surface area contributed by atoms with Crippen LogP contribution < -0.4 is 5.32 Å². The molecule has 0 radical (unpaired) electrons. The monoisotopic (exact) mass is 220 g/mol. The minimum atomic E-state index is 0.259. The summed E-state index contributed by atoms with van der Waals surface area (Å²) in [5, 5.41) is 3.46. The van der Waals surface area contributed by atoms with E-state index in [0.717, 1.165) is 24.0 Å². The van der Waals surface area contributed by atoms with Gasteiger partial charge in [-0.15, -0.1) is 0 Å². The van der Waals surface area contributed by atoms with Crippen LogP contribution >= 0.6 is 0 Å². The first kappa shape index (κ1) is 11.6. The molecule has 16 heavy (non-hydrogen) atoms. The molecule has 1 heterocycles. The summed E-state index contributed by atoms with van der Waals surface area (Å²) >= 11 is 0. The Balaban J connectivity index is 1.84. The van der Waals surface area contributed by atoms with Gasteiger partial charge in [-0.25, -0.2) is 0 Å². The van der Waals surface area contributed by atoms with Crippen molar-refractivity contribution >= 4 is 0 Å². The smallest absolute Gasteiger partial charge is 0.0891 e. The fourth-order valence-electron chi connectivity index (χ4n) is 1.50. The Morgan fingerprint density at radius 3 is 2.81 bits per heavy atom. The molecule has 0 saturated heterocycles. The van der Waals surface area contributed by atoms with E-state index in [1.165, 1.54) is 12.8 Å². The maximum atomic E-state index is 5.54. The molecule has 1 aliphatic carbocycles.